The Morgan fingerprint density at radius 1 is 1.17 bits per heavy atom. The Morgan fingerprint density at radius 3 is 2.58 bits per heavy atom. The van der Waals surface area contributed by atoms with E-state index in [4.69, 9.17) is 4.74 Å². The zero-order valence-electron chi connectivity index (χ0n) is 16.3. The number of hydrogen-bond donors (Lipinski definition) is 1. The summed E-state index contributed by atoms with van der Waals surface area (Å²) in [5.74, 6) is 3.44. The van der Waals surface area contributed by atoms with Crippen molar-refractivity contribution in [2.75, 3.05) is 60.0 Å². The summed E-state index contributed by atoms with van der Waals surface area (Å²) in [6.45, 7) is 12.6. The summed E-state index contributed by atoms with van der Waals surface area (Å²) in [5.41, 5.74) is 0. The number of guanidine groups is 1. The minimum Gasteiger partial charge on any atom is -0.384 e. The summed E-state index contributed by atoms with van der Waals surface area (Å²) >= 11 is 0. The van der Waals surface area contributed by atoms with Crippen molar-refractivity contribution in [1.29, 1.82) is 0 Å². The van der Waals surface area contributed by atoms with Gasteiger partial charge in [-0.2, -0.15) is 0 Å². The number of aliphatic imine (C=N–C) groups is 1. The van der Waals surface area contributed by atoms with Crippen LogP contribution in [0.1, 0.15) is 39.5 Å². The van der Waals surface area contributed by atoms with Gasteiger partial charge in [-0.15, -0.1) is 0 Å². The molecule has 5 heteroatoms. The second-order valence-electron chi connectivity index (χ2n) is 7.94. The van der Waals surface area contributed by atoms with Crippen LogP contribution in [0.3, 0.4) is 0 Å². The number of hydrogen-bond acceptors (Lipinski definition) is 3. The molecule has 5 nitrogen and oxygen atoms in total. The van der Waals surface area contributed by atoms with Crippen LogP contribution in [0.4, 0.5) is 0 Å². The fourth-order valence-corrected chi connectivity index (χ4v) is 4.36. The number of likely N-dealkylation sites (tertiary alicyclic amines) is 2. The first-order valence-corrected chi connectivity index (χ1v) is 9.79. The summed E-state index contributed by atoms with van der Waals surface area (Å²) < 4.78 is 5.28. The van der Waals surface area contributed by atoms with Gasteiger partial charge >= 0.3 is 0 Å². The van der Waals surface area contributed by atoms with Gasteiger partial charge in [0.15, 0.2) is 5.96 Å². The molecule has 0 bridgehead atoms. The van der Waals surface area contributed by atoms with E-state index in [2.05, 4.69) is 34.0 Å². The van der Waals surface area contributed by atoms with Crippen LogP contribution in [-0.2, 0) is 4.74 Å². The van der Waals surface area contributed by atoms with Gasteiger partial charge in [0.25, 0.3) is 0 Å². The van der Waals surface area contributed by atoms with Crippen molar-refractivity contribution in [3.8, 4) is 0 Å². The van der Waals surface area contributed by atoms with Crippen molar-refractivity contribution in [3.05, 3.63) is 0 Å². The topological polar surface area (TPSA) is 40.1 Å². The molecule has 2 rings (SSSR count). The molecule has 3 atom stereocenters. The van der Waals surface area contributed by atoms with Crippen molar-refractivity contribution in [2.45, 2.75) is 39.5 Å². The van der Waals surface area contributed by atoms with E-state index in [1.165, 1.54) is 45.3 Å². The van der Waals surface area contributed by atoms with E-state index in [0.29, 0.717) is 5.92 Å². The Labute approximate surface area is 148 Å². The van der Waals surface area contributed by atoms with Gasteiger partial charge in [-0.3, -0.25) is 4.99 Å². The minimum absolute atomic E-state index is 0.650. The highest BCUT2D eigenvalue weighted by atomic mass is 16.5. The van der Waals surface area contributed by atoms with Gasteiger partial charge < -0.3 is 19.9 Å². The van der Waals surface area contributed by atoms with Crippen molar-refractivity contribution >= 4 is 5.96 Å². The Morgan fingerprint density at radius 2 is 1.92 bits per heavy atom. The third kappa shape index (κ3) is 6.25. The number of nitrogens with one attached hydrogen (secondary N) is 1. The lowest BCUT2D eigenvalue weighted by Gasteiger charge is -2.35. The molecular weight excluding hydrogens is 300 g/mol. The first kappa shape index (κ1) is 19.5. The molecule has 140 valence electrons. The number of ether oxygens (including phenoxy) is 1. The van der Waals surface area contributed by atoms with Crippen molar-refractivity contribution in [2.24, 2.45) is 22.7 Å². The Bertz CT molecular complexity index is 378. The fourth-order valence-electron chi connectivity index (χ4n) is 4.36. The lowest BCUT2D eigenvalue weighted by atomic mass is 9.92. The monoisotopic (exact) mass is 338 g/mol. The standard InChI is InChI=1S/C19H38N4O/c1-16-11-17(2)13-22(12-16)9-6-5-8-21-19(20-3)23-10-7-18(14-23)15-24-4/h16-18H,5-15H2,1-4H3,(H,20,21). The van der Waals surface area contributed by atoms with Gasteiger partial charge in [0, 0.05) is 52.8 Å². The zero-order valence-corrected chi connectivity index (χ0v) is 16.3. The van der Waals surface area contributed by atoms with Crippen molar-refractivity contribution in [1.82, 2.24) is 15.1 Å². The number of rotatable bonds is 7. The average Bonchev–Trinajstić information content (AvgIpc) is 2.99. The summed E-state index contributed by atoms with van der Waals surface area (Å²) in [4.78, 5) is 9.48. The second-order valence-corrected chi connectivity index (χ2v) is 7.94. The smallest absolute Gasteiger partial charge is 0.193 e. The van der Waals surface area contributed by atoms with Crippen LogP contribution in [0.2, 0.25) is 0 Å². The zero-order chi connectivity index (χ0) is 17.4. The molecule has 24 heavy (non-hydrogen) atoms. The molecule has 2 aliphatic heterocycles. The molecular formula is C19H38N4O. The Hall–Kier alpha value is -0.810. The molecule has 2 saturated heterocycles. The van der Waals surface area contributed by atoms with Gasteiger partial charge in [0.05, 0.1) is 6.61 Å². The first-order chi connectivity index (χ1) is 11.6. The second kappa shape index (κ2) is 10.2. The van der Waals surface area contributed by atoms with Crippen LogP contribution >= 0.6 is 0 Å². The normalized spacial score (nSPS) is 29.2. The van der Waals surface area contributed by atoms with Crippen LogP contribution in [0.25, 0.3) is 0 Å². The third-order valence-electron chi connectivity index (χ3n) is 5.33. The quantitative estimate of drug-likeness (QED) is 0.439. The average molecular weight is 339 g/mol. The number of unbranched alkanes of at least 4 members (excludes halogenated alkanes) is 1. The largest absolute Gasteiger partial charge is 0.384 e. The molecule has 0 aromatic carbocycles. The highest BCUT2D eigenvalue weighted by Gasteiger charge is 2.24. The SMILES string of the molecule is CN=C(NCCCCN1CC(C)CC(C)C1)N1CCC(COC)C1. The lowest BCUT2D eigenvalue weighted by molar-refractivity contribution is 0.139. The molecule has 0 aliphatic carbocycles. The van der Waals surface area contributed by atoms with Crippen LogP contribution in [-0.4, -0.2) is 75.8 Å². The highest BCUT2D eigenvalue weighted by molar-refractivity contribution is 5.80. The summed E-state index contributed by atoms with van der Waals surface area (Å²) in [7, 11) is 3.68. The van der Waals surface area contributed by atoms with Gasteiger partial charge in [-0.05, 0) is 44.1 Å². The van der Waals surface area contributed by atoms with Crippen LogP contribution in [0.15, 0.2) is 4.99 Å². The molecule has 3 unspecified atom stereocenters. The van der Waals surface area contributed by atoms with Crippen LogP contribution in [0, 0.1) is 17.8 Å². The van der Waals surface area contributed by atoms with E-state index in [9.17, 15) is 0 Å². The fraction of sp³-hybridized carbons (Fsp3) is 0.947. The molecule has 0 aromatic rings. The Balaban J connectivity index is 1.59. The predicted octanol–water partition coefficient (Wildman–Crippen LogP) is 2.29. The summed E-state index contributed by atoms with van der Waals surface area (Å²) in [6, 6.07) is 0. The predicted molar refractivity (Wildman–Crippen MR) is 102 cm³/mol. The molecule has 0 amide bonds. The van der Waals surface area contributed by atoms with E-state index >= 15 is 0 Å². The van der Waals surface area contributed by atoms with Gasteiger partial charge in [-0.1, -0.05) is 13.8 Å². The number of nitrogens with zero attached hydrogens (tertiary/aromatic N) is 3. The number of methoxy groups -OCH3 is 1. The Kier molecular flexibility index (Phi) is 8.33. The third-order valence-corrected chi connectivity index (χ3v) is 5.33. The first-order valence-electron chi connectivity index (χ1n) is 9.79. The van der Waals surface area contributed by atoms with E-state index in [1.54, 1.807) is 7.11 Å². The molecule has 0 radical (unpaired) electrons. The molecule has 2 fully saturated rings. The molecule has 0 spiro atoms. The highest BCUT2D eigenvalue weighted by Crippen LogP contribution is 2.21. The molecule has 1 N–H and O–H groups in total. The lowest BCUT2D eigenvalue weighted by Crippen LogP contribution is -2.41. The van der Waals surface area contributed by atoms with Gasteiger partial charge in [0.1, 0.15) is 0 Å². The van der Waals surface area contributed by atoms with Crippen molar-refractivity contribution in [3.63, 3.8) is 0 Å². The van der Waals surface area contributed by atoms with E-state index in [0.717, 1.165) is 44.0 Å². The minimum atomic E-state index is 0.650. The van der Waals surface area contributed by atoms with Crippen LogP contribution in [0.5, 0.6) is 0 Å². The molecule has 2 heterocycles. The maximum absolute atomic E-state index is 5.28. The molecule has 0 aromatic heterocycles. The number of piperidine rings is 1. The van der Waals surface area contributed by atoms with E-state index < -0.39 is 0 Å². The summed E-state index contributed by atoms with van der Waals surface area (Å²) in [6.07, 6.45) is 5.09. The van der Waals surface area contributed by atoms with E-state index in [1.807, 2.05) is 7.05 Å². The maximum atomic E-state index is 5.28. The van der Waals surface area contributed by atoms with Crippen molar-refractivity contribution < 1.29 is 4.74 Å². The molecule has 2 aliphatic rings. The maximum Gasteiger partial charge on any atom is 0.193 e. The van der Waals surface area contributed by atoms with Gasteiger partial charge in [-0.25, -0.2) is 0 Å². The van der Waals surface area contributed by atoms with Gasteiger partial charge in [0.2, 0.25) is 0 Å². The summed E-state index contributed by atoms with van der Waals surface area (Å²) in [5, 5.41) is 3.55. The van der Waals surface area contributed by atoms with Crippen LogP contribution < -0.4 is 5.32 Å². The van der Waals surface area contributed by atoms with E-state index in [-0.39, 0.29) is 0 Å². The molecule has 0 saturated carbocycles.